The average Bonchev–Trinajstić information content (AvgIpc) is 3.62. The van der Waals surface area contributed by atoms with Gasteiger partial charge in [-0.15, -0.1) is 0 Å². The molecule has 1 aliphatic carbocycles. The lowest BCUT2D eigenvalue weighted by Crippen LogP contribution is -2.54. The van der Waals surface area contributed by atoms with E-state index in [4.69, 9.17) is 0 Å². The molecule has 3 atom stereocenters. The van der Waals surface area contributed by atoms with Crippen molar-refractivity contribution in [3.8, 4) is 11.4 Å². The molecule has 2 aromatic heterocycles. The van der Waals surface area contributed by atoms with Crippen molar-refractivity contribution in [1.29, 1.82) is 0 Å². The molecule has 0 unspecified atom stereocenters. The van der Waals surface area contributed by atoms with Crippen molar-refractivity contribution >= 4 is 29.5 Å². The molecule has 14 heteroatoms. The smallest absolute Gasteiger partial charge is 0.270 e. The van der Waals surface area contributed by atoms with Crippen LogP contribution in [0.2, 0.25) is 0 Å². The molecule has 3 aromatic rings. The van der Waals surface area contributed by atoms with Crippen LogP contribution in [0, 0.1) is 5.92 Å². The number of carbonyl (C=O) groups excluding carboxylic acids is 5. The first kappa shape index (κ1) is 34.3. The zero-order chi connectivity index (χ0) is 34.4. The van der Waals surface area contributed by atoms with Crippen LogP contribution in [0.3, 0.4) is 0 Å². The van der Waals surface area contributed by atoms with E-state index in [1.807, 2.05) is 61.0 Å². The van der Waals surface area contributed by atoms with Gasteiger partial charge >= 0.3 is 0 Å². The topological polar surface area (TPSA) is 172 Å². The molecule has 1 fully saturated rings. The summed E-state index contributed by atoms with van der Waals surface area (Å²) < 4.78 is 3.41. The summed E-state index contributed by atoms with van der Waals surface area (Å²) >= 11 is 0. The monoisotopic (exact) mass is 659 g/mol. The minimum Gasteiger partial charge on any atom is -0.354 e. The number of fused-ring (bicyclic) bond motifs is 1. The molecule has 256 valence electrons. The van der Waals surface area contributed by atoms with Gasteiger partial charge < -0.3 is 30.7 Å². The van der Waals surface area contributed by atoms with Crippen LogP contribution in [0.5, 0.6) is 0 Å². The SMILES string of the molecule is CC(C)C[C@H]1NC(=O)[C@@H](C)NC(=O)CN(C(=O)c2cccn2C2CC2)CCCNC(=O)Cn2nc(-c3ccccc3)nc2[C@H](C)NC1=O. The van der Waals surface area contributed by atoms with Gasteiger partial charge in [0.2, 0.25) is 23.6 Å². The highest BCUT2D eigenvalue weighted by molar-refractivity contribution is 5.96. The van der Waals surface area contributed by atoms with Gasteiger partial charge in [0.05, 0.1) is 12.6 Å². The summed E-state index contributed by atoms with van der Waals surface area (Å²) in [5, 5.41) is 15.9. The second kappa shape index (κ2) is 15.3. The molecule has 5 amide bonds. The van der Waals surface area contributed by atoms with Crippen LogP contribution in [-0.2, 0) is 25.7 Å². The van der Waals surface area contributed by atoms with E-state index < -0.39 is 35.8 Å². The molecule has 2 aliphatic rings. The van der Waals surface area contributed by atoms with Gasteiger partial charge in [0.1, 0.15) is 30.1 Å². The van der Waals surface area contributed by atoms with Crippen LogP contribution in [0.15, 0.2) is 48.7 Å². The Balaban J connectivity index is 1.41. The Morgan fingerprint density at radius 3 is 2.35 bits per heavy atom. The Hall–Kier alpha value is -5.01. The fraction of sp³-hybridized carbons (Fsp3) is 0.500. The zero-order valence-electron chi connectivity index (χ0n) is 27.9. The highest BCUT2D eigenvalue weighted by atomic mass is 16.2. The third-order valence-electron chi connectivity index (χ3n) is 8.37. The molecule has 4 N–H and O–H groups in total. The highest BCUT2D eigenvalue weighted by Gasteiger charge is 2.31. The van der Waals surface area contributed by atoms with E-state index in [0.717, 1.165) is 18.4 Å². The van der Waals surface area contributed by atoms with E-state index in [-0.39, 0.29) is 50.0 Å². The second-order valence-corrected chi connectivity index (χ2v) is 13.0. The second-order valence-electron chi connectivity index (χ2n) is 13.0. The Labute approximate surface area is 280 Å². The van der Waals surface area contributed by atoms with Crippen LogP contribution >= 0.6 is 0 Å². The normalized spacial score (nSPS) is 22.0. The first-order valence-corrected chi connectivity index (χ1v) is 16.6. The summed E-state index contributed by atoms with van der Waals surface area (Å²) in [5.74, 6) is -1.26. The maximum Gasteiger partial charge on any atom is 0.270 e. The summed E-state index contributed by atoms with van der Waals surface area (Å²) in [7, 11) is 0. The molecule has 0 saturated heterocycles. The Morgan fingerprint density at radius 2 is 1.65 bits per heavy atom. The minimum absolute atomic E-state index is 0.0639. The summed E-state index contributed by atoms with van der Waals surface area (Å²) in [5.41, 5.74) is 1.24. The molecule has 0 radical (unpaired) electrons. The number of aromatic nitrogens is 4. The van der Waals surface area contributed by atoms with Crippen molar-refractivity contribution in [2.45, 2.75) is 84.1 Å². The molecule has 1 aliphatic heterocycles. The van der Waals surface area contributed by atoms with Crippen molar-refractivity contribution in [1.82, 2.24) is 45.5 Å². The lowest BCUT2D eigenvalue weighted by molar-refractivity contribution is -0.132. The molecule has 0 bridgehead atoms. The van der Waals surface area contributed by atoms with Crippen molar-refractivity contribution in [3.63, 3.8) is 0 Å². The molecule has 14 nitrogen and oxygen atoms in total. The van der Waals surface area contributed by atoms with Crippen LogP contribution in [-0.4, -0.2) is 85.5 Å². The Morgan fingerprint density at radius 1 is 0.896 bits per heavy atom. The van der Waals surface area contributed by atoms with Gasteiger partial charge in [-0.05, 0) is 57.6 Å². The van der Waals surface area contributed by atoms with Gasteiger partial charge in [0.25, 0.3) is 5.91 Å². The van der Waals surface area contributed by atoms with Crippen LogP contribution in [0.1, 0.15) is 81.8 Å². The number of nitrogens with one attached hydrogen (secondary N) is 4. The fourth-order valence-electron chi connectivity index (χ4n) is 5.75. The van der Waals surface area contributed by atoms with Gasteiger partial charge in [0, 0.05) is 30.9 Å². The maximum absolute atomic E-state index is 13.7. The van der Waals surface area contributed by atoms with E-state index in [1.165, 1.54) is 16.5 Å². The predicted octanol–water partition coefficient (Wildman–Crippen LogP) is 1.96. The maximum atomic E-state index is 13.7. The number of nitrogens with zero attached hydrogens (tertiary/aromatic N) is 5. The first-order valence-electron chi connectivity index (χ1n) is 16.6. The van der Waals surface area contributed by atoms with Crippen LogP contribution in [0.4, 0.5) is 0 Å². The third kappa shape index (κ3) is 8.66. The number of hydrogen-bond acceptors (Lipinski definition) is 7. The molecule has 1 saturated carbocycles. The fourth-order valence-corrected chi connectivity index (χ4v) is 5.75. The highest BCUT2D eigenvalue weighted by Crippen LogP contribution is 2.36. The molecular formula is C34H45N9O5. The molecular weight excluding hydrogens is 614 g/mol. The van der Waals surface area contributed by atoms with E-state index >= 15 is 0 Å². The minimum atomic E-state index is -0.970. The molecule has 48 heavy (non-hydrogen) atoms. The van der Waals surface area contributed by atoms with Gasteiger partial charge in [0.15, 0.2) is 5.82 Å². The Bertz CT molecular complexity index is 1630. The van der Waals surface area contributed by atoms with Crippen LogP contribution in [0.25, 0.3) is 11.4 Å². The third-order valence-corrected chi connectivity index (χ3v) is 8.37. The number of benzene rings is 1. The number of carbonyl (C=O) groups is 5. The standard InChI is InChI=1S/C34H45N9O5/c1-21(2)18-26-33(47)37-22(3)31-39-30(24-10-6-5-7-11-24)40-43(31)20-28(44)35-15-9-16-41(19-29(45)36-23(4)32(46)38-26)34(48)27-12-8-17-42(27)25-13-14-25/h5-8,10-12,17,21-23,25-26H,9,13-16,18-20H2,1-4H3,(H,35,44)(H,36,45)(H,37,47)(H,38,46)/t22-,23+,26+/m0/s1. The van der Waals surface area contributed by atoms with E-state index in [9.17, 15) is 24.0 Å². The van der Waals surface area contributed by atoms with Gasteiger partial charge in [-0.25, -0.2) is 9.67 Å². The number of hydrogen-bond donors (Lipinski definition) is 4. The number of rotatable bonds is 5. The number of amides is 5. The van der Waals surface area contributed by atoms with Crippen molar-refractivity contribution < 1.29 is 24.0 Å². The van der Waals surface area contributed by atoms with Gasteiger partial charge in [-0.1, -0.05) is 44.2 Å². The first-order chi connectivity index (χ1) is 23.0. The van der Waals surface area contributed by atoms with Crippen molar-refractivity contribution in [2.24, 2.45) is 5.92 Å². The summed E-state index contributed by atoms with van der Waals surface area (Å²) in [6.45, 7) is 7.17. The lowest BCUT2D eigenvalue weighted by Gasteiger charge is -2.25. The molecule has 1 aromatic carbocycles. The molecule has 0 spiro atoms. The van der Waals surface area contributed by atoms with Crippen molar-refractivity contribution in [2.75, 3.05) is 19.6 Å². The molecule has 5 rings (SSSR count). The summed E-state index contributed by atoms with van der Waals surface area (Å²) in [6, 6.07) is 10.6. The van der Waals surface area contributed by atoms with E-state index in [1.54, 1.807) is 13.0 Å². The molecule has 3 heterocycles. The predicted molar refractivity (Wildman–Crippen MR) is 177 cm³/mol. The summed E-state index contributed by atoms with van der Waals surface area (Å²) in [6.07, 6.45) is 4.58. The van der Waals surface area contributed by atoms with Gasteiger partial charge in [-0.2, -0.15) is 5.10 Å². The average molecular weight is 660 g/mol. The lowest BCUT2D eigenvalue weighted by atomic mass is 10.0. The van der Waals surface area contributed by atoms with E-state index in [2.05, 4.69) is 31.3 Å². The summed E-state index contributed by atoms with van der Waals surface area (Å²) in [4.78, 5) is 73.0. The van der Waals surface area contributed by atoms with Crippen molar-refractivity contribution in [3.05, 3.63) is 60.2 Å². The van der Waals surface area contributed by atoms with E-state index in [0.29, 0.717) is 30.2 Å². The zero-order valence-corrected chi connectivity index (χ0v) is 27.9. The largest absolute Gasteiger partial charge is 0.354 e. The quantitative estimate of drug-likeness (QED) is 0.324. The Kier molecular flexibility index (Phi) is 10.9. The van der Waals surface area contributed by atoms with Crippen LogP contribution < -0.4 is 21.3 Å². The van der Waals surface area contributed by atoms with Gasteiger partial charge in [-0.3, -0.25) is 24.0 Å².